The Hall–Kier alpha value is -0.570. The maximum absolute atomic E-state index is 11.4. The number of carbonyl (C=O) groups excluding carboxylic acids is 1. The highest BCUT2D eigenvalue weighted by molar-refractivity contribution is 5.76. The van der Waals surface area contributed by atoms with E-state index in [-0.39, 0.29) is 12.0 Å². The van der Waals surface area contributed by atoms with Gasteiger partial charge >= 0.3 is 5.97 Å². The van der Waals surface area contributed by atoms with Gasteiger partial charge in [0.15, 0.2) is 0 Å². The van der Waals surface area contributed by atoms with Gasteiger partial charge in [0.2, 0.25) is 0 Å². The summed E-state index contributed by atoms with van der Waals surface area (Å²) in [4.78, 5) is 11.4. The number of fused-ring (bicyclic) bond motifs is 2. The Morgan fingerprint density at radius 1 is 1.58 bits per heavy atom. The van der Waals surface area contributed by atoms with Gasteiger partial charge in [-0.1, -0.05) is 0 Å². The zero-order valence-corrected chi connectivity index (χ0v) is 7.38. The van der Waals surface area contributed by atoms with E-state index in [1.54, 1.807) is 0 Å². The fourth-order valence-corrected chi connectivity index (χ4v) is 2.35. The second-order valence-electron chi connectivity index (χ2n) is 3.67. The molecule has 1 saturated heterocycles. The Morgan fingerprint density at radius 2 is 2.42 bits per heavy atom. The molecule has 1 saturated carbocycles. The van der Waals surface area contributed by atoms with Crippen molar-refractivity contribution in [1.29, 1.82) is 0 Å². The molecule has 3 atom stereocenters. The van der Waals surface area contributed by atoms with Crippen molar-refractivity contribution in [1.82, 2.24) is 5.32 Å². The van der Waals surface area contributed by atoms with Gasteiger partial charge in [-0.3, -0.25) is 4.79 Å². The van der Waals surface area contributed by atoms with Gasteiger partial charge in [0, 0.05) is 6.04 Å². The van der Waals surface area contributed by atoms with Crippen molar-refractivity contribution in [3.8, 4) is 0 Å². The first-order chi connectivity index (χ1) is 5.81. The summed E-state index contributed by atoms with van der Waals surface area (Å²) in [6.45, 7) is 2.35. The number of piperidine rings is 1. The Bertz CT molecular complexity index is 193. The second-order valence-corrected chi connectivity index (χ2v) is 3.67. The number of ether oxygens (including phenoxy) is 1. The van der Waals surface area contributed by atoms with Crippen molar-refractivity contribution < 1.29 is 9.53 Å². The zero-order chi connectivity index (χ0) is 8.55. The number of carbonyl (C=O) groups is 1. The minimum Gasteiger partial charge on any atom is -0.465 e. The van der Waals surface area contributed by atoms with Gasteiger partial charge in [-0.05, 0) is 32.1 Å². The first-order valence-corrected chi connectivity index (χ1v) is 4.74. The molecular formula is C9H15NO2. The van der Waals surface area contributed by atoms with Gasteiger partial charge < -0.3 is 10.1 Å². The highest BCUT2D eigenvalue weighted by Crippen LogP contribution is 2.35. The average molecular weight is 169 g/mol. The number of nitrogens with one attached hydrogen (secondary N) is 1. The van der Waals surface area contributed by atoms with Crippen LogP contribution in [0.1, 0.15) is 26.2 Å². The van der Waals surface area contributed by atoms with E-state index in [9.17, 15) is 4.79 Å². The van der Waals surface area contributed by atoms with Crippen molar-refractivity contribution in [3.05, 3.63) is 0 Å². The molecule has 0 radical (unpaired) electrons. The molecule has 2 rings (SSSR count). The van der Waals surface area contributed by atoms with Gasteiger partial charge in [-0.15, -0.1) is 0 Å². The molecule has 0 spiro atoms. The molecule has 0 aromatic carbocycles. The minimum absolute atomic E-state index is 0.00343. The van der Waals surface area contributed by atoms with Crippen molar-refractivity contribution in [2.45, 2.75) is 38.3 Å². The van der Waals surface area contributed by atoms with Crippen molar-refractivity contribution >= 4 is 5.97 Å². The van der Waals surface area contributed by atoms with E-state index in [1.165, 1.54) is 19.3 Å². The first-order valence-electron chi connectivity index (χ1n) is 4.74. The lowest BCUT2D eigenvalue weighted by Gasteiger charge is -2.20. The van der Waals surface area contributed by atoms with E-state index >= 15 is 0 Å². The molecule has 1 aliphatic heterocycles. The van der Waals surface area contributed by atoms with E-state index in [1.807, 2.05) is 6.92 Å². The van der Waals surface area contributed by atoms with Crippen molar-refractivity contribution in [3.63, 3.8) is 0 Å². The van der Waals surface area contributed by atoms with Crippen LogP contribution in [0.3, 0.4) is 0 Å². The Kier molecular flexibility index (Phi) is 2.05. The van der Waals surface area contributed by atoms with Crippen LogP contribution in [0.25, 0.3) is 0 Å². The molecule has 0 aromatic heterocycles. The van der Waals surface area contributed by atoms with E-state index in [4.69, 9.17) is 4.74 Å². The maximum Gasteiger partial charge on any atom is 0.323 e. The monoisotopic (exact) mass is 169 g/mol. The molecule has 3 nitrogen and oxygen atoms in total. The average Bonchev–Trinajstić information content (AvgIpc) is 2.64. The highest BCUT2D eigenvalue weighted by Gasteiger charge is 2.43. The molecule has 1 N–H and O–H groups in total. The zero-order valence-electron chi connectivity index (χ0n) is 7.38. The fraction of sp³-hybridized carbons (Fsp3) is 0.889. The van der Waals surface area contributed by atoms with Gasteiger partial charge in [-0.25, -0.2) is 0 Å². The molecule has 3 heteroatoms. The summed E-state index contributed by atoms with van der Waals surface area (Å²) >= 11 is 0. The van der Waals surface area contributed by atoms with Crippen LogP contribution in [0.5, 0.6) is 0 Å². The lowest BCUT2D eigenvalue weighted by Crippen LogP contribution is -2.42. The lowest BCUT2D eigenvalue weighted by atomic mass is 10.0. The topological polar surface area (TPSA) is 38.3 Å². The van der Waals surface area contributed by atoms with Crippen LogP contribution in [-0.4, -0.2) is 24.7 Å². The van der Waals surface area contributed by atoms with Crippen molar-refractivity contribution in [2.24, 2.45) is 5.92 Å². The third-order valence-corrected chi connectivity index (χ3v) is 2.90. The Labute approximate surface area is 72.5 Å². The standard InChI is InChI=1S/C9H15NO2/c1-2-12-9(11)8-6-3-4-7(5-6)10-8/h6-8,10H,2-5H2,1H3/t6-,7?,8-/m0/s1. The van der Waals surface area contributed by atoms with Crippen LogP contribution >= 0.6 is 0 Å². The summed E-state index contributed by atoms with van der Waals surface area (Å²) in [5.41, 5.74) is 0. The van der Waals surface area contributed by atoms with E-state index in [0.29, 0.717) is 18.6 Å². The SMILES string of the molecule is CCOC(=O)[C@H]1NC2CC[C@H]1C2. The van der Waals surface area contributed by atoms with Crippen LogP contribution in [0.2, 0.25) is 0 Å². The van der Waals surface area contributed by atoms with E-state index < -0.39 is 0 Å². The third kappa shape index (κ3) is 1.22. The molecule has 0 amide bonds. The first kappa shape index (κ1) is 8.05. The van der Waals surface area contributed by atoms with Gasteiger partial charge in [0.05, 0.1) is 6.61 Å². The quantitative estimate of drug-likeness (QED) is 0.618. The number of esters is 1. The molecule has 1 heterocycles. The molecule has 2 bridgehead atoms. The molecule has 2 aliphatic rings. The second kappa shape index (κ2) is 3.05. The molecule has 2 fully saturated rings. The molecular weight excluding hydrogens is 154 g/mol. The van der Waals surface area contributed by atoms with Crippen LogP contribution in [-0.2, 0) is 9.53 Å². The molecule has 12 heavy (non-hydrogen) atoms. The van der Waals surface area contributed by atoms with Crippen molar-refractivity contribution in [2.75, 3.05) is 6.61 Å². The molecule has 0 aromatic rings. The molecule has 1 unspecified atom stereocenters. The summed E-state index contributed by atoms with van der Waals surface area (Å²) in [6, 6.07) is 0.591. The van der Waals surface area contributed by atoms with Gasteiger partial charge in [0.1, 0.15) is 6.04 Å². The van der Waals surface area contributed by atoms with Gasteiger partial charge in [0.25, 0.3) is 0 Å². The Morgan fingerprint density at radius 3 is 2.92 bits per heavy atom. The van der Waals surface area contributed by atoms with E-state index in [2.05, 4.69) is 5.32 Å². The fourth-order valence-electron chi connectivity index (χ4n) is 2.35. The largest absolute Gasteiger partial charge is 0.465 e. The van der Waals surface area contributed by atoms with Crippen LogP contribution in [0, 0.1) is 5.92 Å². The normalized spacial score (nSPS) is 38.6. The number of rotatable bonds is 2. The minimum atomic E-state index is -0.0512. The predicted octanol–water partition coefficient (Wildman–Crippen LogP) is 0.690. The predicted molar refractivity (Wildman–Crippen MR) is 44.7 cm³/mol. The molecule has 1 aliphatic carbocycles. The molecule has 68 valence electrons. The summed E-state index contributed by atoms with van der Waals surface area (Å²) in [5.74, 6) is 0.499. The van der Waals surface area contributed by atoms with Crippen LogP contribution in [0.4, 0.5) is 0 Å². The maximum atomic E-state index is 11.4. The van der Waals surface area contributed by atoms with Gasteiger partial charge in [-0.2, -0.15) is 0 Å². The smallest absolute Gasteiger partial charge is 0.323 e. The summed E-state index contributed by atoms with van der Waals surface area (Å²) in [6.07, 6.45) is 3.60. The lowest BCUT2D eigenvalue weighted by molar-refractivity contribution is -0.146. The number of hydrogen-bond acceptors (Lipinski definition) is 3. The summed E-state index contributed by atoms with van der Waals surface area (Å²) in [5, 5.41) is 3.30. The highest BCUT2D eigenvalue weighted by atomic mass is 16.5. The summed E-state index contributed by atoms with van der Waals surface area (Å²) < 4.78 is 4.98. The summed E-state index contributed by atoms with van der Waals surface area (Å²) in [7, 11) is 0. The van der Waals surface area contributed by atoms with Crippen LogP contribution < -0.4 is 5.32 Å². The van der Waals surface area contributed by atoms with E-state index in [0.717, 1.165) is 0 Å². The third-order valence-electron chi connectivity index (χ3n) is 2.90. The van der Waals surface area contributed by atoms with Crippen LogP contribution in [0.15, 0.2) is 0 Å². The Balaban J connectivity index is 1.93. The number of hydrogen-bond donors (Lipinski definition) is 1.